The number of thiazole rings is 1. The third-order valence-electron chi connectivity index (χ3n) is 4.18. The molecule has 0 fully saturated rings. The Hall–Kier alpha value is -3.50. The number of hydrogen-bond donors (Lipinski definition) is 3. The Bertz CT molecular complexity index is 1300. The Kier molecular flexibility index (Phi) is 6.62. The molecule has 0 bridgehead atoms. The van der Waals surface area contributed by atoms with Crippen molar-refractivity contribution in [2.75, 3.05) is 21.7 Å². The second-order valence-electron chi connectivity index (χ2n) is 6.57. The highest BCUT2D eigenvalue weighted by Gasteiger charge is 2.11. The molecule has 1 aromatic heterocycles. The lowest BCUT2D eigenvalue weighted by Crippen LogP contribution is -2.19. The minimum atomic E-state index is -0.501. The number of carbonyl (C=O) groups excluding carboxylic acids is 2. The summed E-state index contributed by atoms with van der Waals surface area (Å²) < 4.78 is 28.4. The van der Waals surface area contributed by atoms with Crippen LogP contribution in [0.5, 0.6) is 0 Å². The Morgan fingerprint density at radius 3 is 2.47 bits per heavy atom. The normalized spacial score (nSPS) is 10.7. The van der Waals surface area contributed by atoms with Gasteiger partial charge in [-0.25, -0.2) is 18.6 Å². The van der Waals surface area contributed by atoms with Crippen LogP contribution in [-0.4, -0.2) is 22.7 Å². The van der Waals surface area contributed by atoms with Crippen LogP contribution in [0.2, 0.25) is 0 Å². The van der Waals surface area contributed by atoms with Crippen LogP contribution < -0.4 is 16.0 Å². The number of halogens is 2. The van der Waals surface area contributed by atoms with Gasteiger partial charge < -0.3 is 16.0 Å². The lowest BCUT2D eigenvalue weighted by Gasteiger charge is -2.07. The standard InChI is InChI=1S/C22H16F2N4O2S2/c23-13-4-3-5-14(10-13)25-21(30)26-15-8-9-18-19(11-15)32-22(28-18)31-12-20(29)27-17-7-2-1-6-16(17)24/h1-11H,12H2,(H,27,29)(H2,25,26,30). The van der Waals surface area contributed by atoms with E-state index in [9.17, 15) is 18.4 Å². The van der Waals surface area contributed by atoms with Crippen LogP contribution in [0.3, 0.4) is 0 Å². The van der Waals surface area contributed by atoms with Gasteiger partial charge in [-0.3, -0.25) is 4.79 Å². The molecule has 0 spiro atoms. The van der Waals surface area contributed by atoms with E-state index in [1.807, 2.05) is 0 Å². The van der Waals surface area contributed by atoms with Crippen molar-refractivity contribution in [3.8, 4) is 0 Å². The van der Waals surface area contributed by atoms with Gasteiger partial charge in [0, 0.05) is 11.4 Å². The highest BCUT2D eigenvalue weighted by atomic mass is 32.2. The molecular formula is C22H16F2N4O2S2. The maximum atomic E-state index is 13.6. The molecule has 0 atom stereocenters. The molecule has 0 aliphatic rings. The average Bonchev–Trinajstić information content (AvgIpc) is 3.16. The highest BCUT2D eigenvalue weighted by molar-refractivity contribution is 8.01. The van der Waals surface area contributed by atoms with Crippen molar-refractivity contribution in [1.82, 2.24) is 4.98 Å². The molecule has 3 amide bonds. The zero-order chi connectivity index (χ0) is 22.5. The number of carbonyl (C=O) groups is 2. The van der Waals surface area contributed by atoms with Crippen LogP contribution in [0.25, 0.3) is 10.2 Å². The first kappa shape index (κ1) is 21.7. The first-order valence-corrected chi connectivity index (χ1v) is 11.2. The molecule has 4 aromatic rings. The van der Waals surface area contributed by atoms with Crippen LogP contribution in [-0.2, 0) is 4.79 Å². The number of anilines is 3. The number of nitrogens with zero attached hydrogens (tertiary/aromatic N) is 1. The number of amides is 3. The predicted octanol–water partition coefficient (Wildman–Crippen LogP) is 5.95. The number of hydrogen-bond acceptors (Lipinski definition) is 5. The van der Waals surface area contributed by atoms with Gasteiger partial charge in [0.05, 0.1) is 21.7 Å². The van der Waals surface area contributed by atoms with Crippen LogP contribution >= 0.6 is 23.1 Å². The number of para-hydroxylation sites is 1. The summed E-state index contributed by atoms with van der Waals surface area (Å²) in [7, 11) is 0. The zero-order valence-corrected chi connectivity index (χ0v) is 18.0. The number of urea groups is 1. The molecule has 162 valence electrons. The number of fused-ring (bicyclic) bond motifs is 1. The molecule has 4 rings (SSSR count). The van der Waals surface area contributed by atoms with Gasteiger partial charge in [0.1, 0.15) is 11.6 Å². The molecule has 0 saturated carbocycles. The Morgan fingerprint density at radius 2 is 1.69 bits per heavy atom. The van der Waals surface area contributed by atoms with Gasteiger partial charge in [0.2, 0.25) is 5.91 Å². The molecule has 10 heteroatoms. The molecule has 0 saturated heterocycles. The van der Waals surface area contributed by atoms with Gasteiger partial charge in [0.25, 0.3) is 0 Å². The second kappa shape index (κ2) is 9.75. The lowest BCUT2D eigenvalue weighted by atomic mass is 10.3. The summed E-state index contributed by atoms with van der Waals surface area (Å²) >= 11 is 2.61. The van der Waals surface area contributed by atoms with E-state index in [1.54, 1.807) is 36.4 Å². The monoisotopic (exact) mass is 470 g/mol. The van der Waals surface area contributed by atoms with Crippen LogP contribution in [0.4, 0.5) is 30.6 Å². The van der Waals surface area contributed by atoms with Crippen LogP contribution in [0.15, 0.2) is 71.1 Å². The number of aromatic nitrogens is 1. The summed E-state index contributed by atoms with van der Waals surface area (Å²) in [4.78, 5) is 28.7. The van der Waals surface area contributed by atoms with Crippen LogP contribution in [0.1, 0.15) is 0 Å². The van der Waals surface area contributed by atoms with Gasteiger partial charge in [-0.2, -0.15) is 0 Å². The predicted molar refractivity (Wildman–Crippen MR) is 124 cm³/mol. The summed E-state index contributed by atoms with van der Waals surface area (Å²) in [5, 5.41) is 7.79. The fraction of sp³-hybridized carbons (Fsp3) is 0.0455. The summed E-state index contributed by atoms with van der Waals surface area (Å²) in [6, 6.07) is 16.3. The first-order chi connectivity index (χ1) is 15.5. The maximum absolute atomic E-state index is 13.6. The summed E-state index contributed by atoms with van der Waals surface area (Å²) in [6.07, 6.45) is 0. The topological polar surface area (TPSA) is 83.1 Å². The highest BCUT2D eigenvalue weighted by Crippen LogP contribution is 2.31. The first-order valence-electron chi connectivity index (χ1n) is 9.37. The molecule has 0 aliphatic heterocycles. The third-order valence-corrected chi connectivity index (χ3v) is 6.34. The molecule has 3 aromatic carbocycles. The third kappa shape index (κ3) is 5.59. The van der Waals surface area contributed by atoms with Gasteiger partial charge in [-0.1, -0.05) is 30.0 Å². The fourth-order valence-corrected chi connectivity index (χ4v) is 4.69. The van der Waals surface area contributed by atoms with E-state index in [4.69, 9.17) is 0 Å². The van der Waals surface area contributed by atoms with E-state index >= 15 is 0 Å². The number of thioether (sulfide) groups is 1. The quantitative estimate of drug-likeness (QED) is 0.304. The SMILES string of the molecule is O=C(CSc1nc2ccc(NC(=O)Nc3cccc(F)c3)cc2s1)Nc1ccccc1F. The Labute approximate surface area is 190 Å². The molecular weight excluding hydrogens is 454 g/mol. The summed E-state index contributed by atoms with van der Waals surface area (Å²) in [5.74, 6) is -1.19. The zero-order valence-electron chi connectivity index (χ0n) is 16.4. The van der Waals surface area contributed by atoms with Crippen molar-refractivity contribution < 1.29 is 18.4 Å². The molecule has 3 N–H and O–H groups in total. The van der Waals surface area contributed by atoms with E-state index in [1.165, 1.54) is 53.4 Å². The Balaban J connectivity index is 1.35. The average molecular weight is 471 g/mol. The summed E-state index contributed by atoms with van der Waals surface area (Å²) in [6.45, 7) is 0. The van der Waals surface area contributed by atoms with Crippen molar-refractivity contribution in [1.29, 1.82) is 0 Å². The van der Waals surface area contributed by atoms with Crippen molar-refractivity contribution in [3.05, 3.63) is 78.4 Å². The fourth-order valence-electron chi connectivity index (χ4n) is 2.78. The number of benzene rings is 3. The molecule has 0 unspecified atom stereocenters. The summed E-state index contributed by atoms with van der Waals surface area (Å²) in [5.41, 5.74) is 1.75. The maximum Gasteiger partial charge on any atom is 0.323 e. The molecule has 6 nitrogen and oxygen atoms in total. The van der Waals surface area contributed by atoms with E-state index in [0.717, 1.165) is 10.2 Å². The van der Waals surface area contributed by atoms with Crippen molar-refractivity contribution in [3.63, 3.8) is 0 Å². The van der Waals surface area contributed by atoms with Crippen LogP contribution in [0, 0.1) is 11.6 Å². The van der Waals surface area contributed by atoms with Crippen molar-refractivity contribution >= 4 is 62.3 Å². The number of nitrogens with one attached hydrogen (secondary N) is 3. The van der Waals surface area contributed by atoms with Gasteiger partial charge >= 0.3 is 6.03 Å². The number of rotatable bonds is 6. The minimum Gasteiger partial charge on any atom is -0.323 e. The smallest absolute Gasteiger partial charge is 0.323 e. The van der Waals surface area contributed by atoms with Gasteiger partial charge in [-0.05, 0) is 48.5 Å². The van der Waals surface area contributed by atoms with Gasteiger partial charge in [-0.15, -0.1) is 11.3 Å². The second-order valence-corrected chi connectivity index (χ2v) is 8.82. The van der Waals surface area contributed by atoms with E-state index in [-0.39, 0.29) is 17.3 Å². The van der Waals surface area contributed by atoms with Crippen molar-refractivity contribution in [2.24, 2.45) is 0 Å². The molecule has 1 heterocycles. The van der Waals surface area contributed by atoms with E-state index in [0.29, 0.717) is 15.7 Å². The lowest BCUT2D eigenvalue weighted by molar-refractivity contribution is -0.113. The van der Waals surface area contributed by atoms with E-state index < -0.39 is 17.7 Å². The largest absolute Gasteiger partial charge is 0.323 e. The minimum absolute atomic E-state index is 0.0787. The van der Waals surface area contributed by atoms with Gasteiger partial charge in [0.15, 0.2) is 4.34 Å². The molecule has 0 radical (unpaired) electrons. The molecule has 0 aliphatic carbocycles. The van der Waals surface area contributed by atoms with Crippen molar-refractivity contribution in [2.45, 2.75) is 4.34 Å². The molecule has 32 heavy (non-hydrogen) atoms. The Morgan fingerprint density at radius 1 is 0.906 bits per heavy atom. The van der Waals surface area contributed by atoms with E-state index in [2.05, 4.69) is 20.9 Å².